The summed E-state index contributed by atoms with van der Waals surface area (Å²) in [4.78, 5) is 0. The summed E-state index contributed by atoms with van der Waals surface area (Å²) in [5.41, 5.74) is 0.988. The average molecular weight is 290 g/mol. The number of ether oxygens (including phenoxy) is 1. The van der Waals surface area contributed by atoms with Gasteiger partial charge in [-0.3, -0.25) is 0 Å². The minimum absolute atomic E-state index is 0.164. The fraction of sp³-hybridized carbons (Fsp3) is 0.571. The Morgan fingerprint density at radius 3 is 2.28 bits per heavy atom. The Morgan fingerprint density at radius 1 is 1.22 bits per heavy atom. The van der Waals surface area contributed by atoms with Gasteiger partial charge in [0.25, 0.3) is 0 Å². The van der Waals surface area contributed by atoms with Gasteiger partial charge in [0.2, 0.25) is 0 Å². The minimum atomic E-state index is 0.164. The molecule has 2 nitrogen and oxygen atoms in total. The quantitative estimate of drug-likeness (QED) is 0.821. The Kier molecular flexibility index (Phi) is 7.02. The summed E-state index contributed by atoms with van der Waals surface area (Å²) in [6, 6.07) is 5.84. The molecule has 0 saturated carbocycles. The molecule has 1 rings (SSSR count). The second-order valence-electron chi connectivity index (χ2n) is 4.25. The van der Waals surface area contributed by atoms with Crippen molar-refractivity contribution >= 4 is 23.2 Å². The molecule has 0 aliphatic rings. The molecule has 0 aliphatic heterocycles. The van der Waals surface area contributed by atoms with Crippen molar-refractivity contribution in [2.45, 2.75) is 38.8 Å². The van der Waals surface area contributed by atoms with Gasteiger partial charge < -0.3 is 10.1 Å². The van der Waals surface area contributed by atoms with Crippen molar-refractivity contribution in [3.8, 4) is 0 Å². The lowest BCUT2D eigenvalue weighted by Gasteiger charge is -2.26. The number of benzene rings is 1. The molecule has 1 aromatic rings. The van der Waals surface area contributed by atoms with Gasteiger partial charge in [0.1, 0.15) is 0 Å². The maximum Gasteiger partial charge on any atom is 0.0724 e. The molecule has 0 radical (unpaired) electrons. The van der Waals surface area contributed by atoms with E-state index in [0.29, 0.717) is 0 Å². The van der Waals surface area contributed by atoms with Crippen LogP contribution in [0.1, 0.15) is 25.8 Å². The molecule has 0 bridgehead atoms. The zero-order valence-electron chi connectivity index (χ0n) is 11.2. The van der Waals surface area contributed by atoms with Gasteiger partial charge in [-0.2, -0.15) is 0 Å². The van der Waals surface area contributed by atoms with Crippen LogP contribution in [0.5, 0.6) is 0 Å². The number of rotatable bonds is 7. The molecule has 2 unspecified atom stereocenters. The third-order valence-corrected chi connectivity index (χ3v) is 3.81. The minimum Gasteiger partial charge on any atom is -0.380 e. The molecule has 18 heavy (non-hydrogen) atoms. The summed E-state index contributed by atoms with van der Waals surface area (Å²) in [6.07, 6.45) is 1.90. The van der Waals surface area contributed by atoms with Crippen LogP contribution in [0.25, 0.3) is 0 Å². The third kappa shape index (κ3) is 4.13. The molecule has 0 aliphatic carbocycles. The van der Waals surface area contributed by atoms with E-state index < -0.39 is 0 Å². The van der Waals surface area contributed by atoms with Crippen molar-refractivity contribution in [1.29, 1.82) is 0 Å². The monoisotopic (exact) mass is 289 g/mol. The Balaban J connectivity index is 2.89. The first-order chi connectivity index (χ1) is 8.63. The van der Waals surface area contributed by atoms with Crippen molar-refractivity contribution in [3.63, 3.8) is 0 Å². The van der Waals surface area contributed by atoms with E-state index in [-0.39, 0.29) is 12.1 Å². The molecule has 4 heteroatoms. The lowest BCUT2D eigenvalue weighted by Crippen LogP contribution is -2.42. The molecule has 102 valence electrons. The van der Waals surface area contributed by atoms with Gasteiger partial charge in [0.05, 0.1) is 6.10 Å². The first kappa shape index (κ1) is 15.8. The fourth-order valence-corrected chi connectivity index (χ4v) is 2.71. The highest BCUT2D eigenvalue weighted by molar-refractivity contribution is 6.36. The number of methoxy groups -OCH3 is 1. The zero-order valence-corrected chi connectivity index (χ0v) is 12.7. The second kappa shape index (κ2) is 8.00. The lowest BCUT2D eigenvalue weighted by molar-refractivity contribution is 0.0658. The predicted octanol–water partition coefficient (Wildman–Crippen LogP) is 3.94. The van der Waals surface area contributed by atoms with Crippen LogP contribution in [-0.2, 0) is 11.2 Å². The van der Waals surface area contributed by atoms with Crippen LogP contribution in [0, 0.1) is 0 Å². The summed E-state index contributed by atoms with van der Waals surface area (Å²) < 4.78 is 5.52. The number of hydrogen-bond acceptors (Lipinski definition) is 2. The SMILES string of the molecule is CCNC(Cc1c(Cl)cccc1Cl)C(CC)OC. The van der Waals surface area contributed by atoms with Gasteiger partial charge in [-0.05, 0) is 37.1 Å². The van der Waals surface area contributed by atoms with Crippen LogP contribution in [-0.4, -0.2) is 25.8 Å². The Hall–Kier alpha value is -0.280. The molecule has 2 atom stereocenters. The van der Waals surface area contributed by atoms with Gasteiger partial charge >= 0.3 is 0 Å². The van der Waals surface area contributed by atoms with Crippen LogP contribution in [0.15, 0.2) is 18.2 Å². The fourth-order valence-electron chi connectivity index (χ4n) is 2.16. The molecular weight excluding hydrogens is 269 g/mol. The summed E-state index contributed by atoms with van der Waals surface area (Å²) in [7, 11) is 1.74. The molecular formula is C14H21Cl2NO. The predicted molar refractivity (Wildman–Crippen MR) is 78.7 cm³/mol. The summed E-state index contributed by atoms with van der Waals surface area (Å²) >= 11 is 12.4. The second-order valence-corrected chi connectivity index (χ2v) is 5.07. The van der Waals surface area contributed by atoms with Crippen LogP contribution in [0.2, 0.25) is 10.0 Å². The van der Waals surface area contributed by atoms with Crippen molar-refractivity contribution in [2.24, 2.45) is 0 Å². The molecule has 1 aromatic carbocycles. The third-order valence-electron chi connectivity index (χ3n) is 3.11. The average Bonchev–Trinajstić information content (AvgIpc) is 2.35. The Labute approximate surface area is 120 Å². The van der Waals surface area contributed by atoms with Crippen molar-refractivity contribution < 1.29 is 4.74 Å². The van der Waals surface area contributed by atoms with Gasteiger partial charge in [-0.15, -0.1) is 0 Å². The Bertz CT molecular complexity index is 347. The number of halogens is 2. The highest BCUT2D eigenvalue weighted by atomic mass is 35.5. The van der Waals surface area contributed by atoms with E-state index in [1.165, 1.54) is 0 Å². The standard InChI is InChI=1S/C14H21Cl2NO/c1-4-14(18-3)13(17-5-2)9-10-11(15)7-6-8-12(10)16/h6-8,13-14,17H,4-5,9H2,1-3H3. The van der Waals surface area contributed by atoms with Crippen LogP contribution in [0.3, 0.4) is 0 Å². The van der Waals surface area contributed by atoms with E-state index in [1.54, 1.807) is 7.11 Å². The van der Waals surface area contributed by atoms with Gasteiger partial charge in [0, 0.05) is 23.2 Å². The smallest absolute Gasteiger partial charge is 0.0724 e. The van der Waals surface area contributed by atoms with Crippen LogP contribution in [0.4, 0.5) is 0 Å². The van der Waals surface area contributed by atoms with Crippen molar-refractivity contribution in [3.05, 3.63) is 33.8 Å². The van der Waals surface area contributed by atoms with Crippen LogP contribution < -0.4 is 5.32 Å². The maximum absolute atomic E-state index is 6.21. The summed E-state index contributed by atoms with van der Waals surface area (Å²) in [5, 5.41) is 4.88. The summed E-state index contributed by atoms with van der Waals surface area (Å²) in [5.74, 6) is 0. The molecule has 0 amide bonds. The first-order valence-corrected chi connectivity index (χ1v) is 7.08. The molecule has 0 fully saturated rings. The first-order valence-electron chi connectivity index (χ1n) is 6.33. The molecule has 0 spiro atoms. The van der Waals surface area contributed by atoms with E-state index >= 15 is 0 Å². The Morgan fingerprint density at radius 2 is 1.83 bits per heavy atom. The van der Waals surface area contributed by atoms with Gasteiger partial charge in [-0.1, -0.05) is 43.1 Å². The lowest BCUT2D eigenvalue weighted by atomic mass is 9.99. The van der Waals surface area contributed by atoms with E-state index in [4.69, 9.17) is 27.9 Å². The number of nitrogens with one attached hydrogen (secondary N) is 1. The van der Waals surface area contributed by atoms with Crippen molar-refractivity contribution in [2.75, 3.05) is 13.7 Å². The largest absolute Gasteiger partial charge is 0.380 e. The molecule has 1 N–H and O–H groups in total. The number of hydrogen-bond donors (Lipinski definition) is 1. The number of likely N-dealkylation sites (N-methyl/N-ethyl adjacent to an activating group) is 1. The molecule has 0 aromatic heterocycles. The van der Waals surface area contributed by atoms with E-state index in [2.05, 4.69) is 19.2 Å². The van der Waals surface area contributed by atoms with Crippen molar-refractivity contribution in [1.82, 2.24) is 5.32 Å². The highest BCUT2D eigenvalue weighted by Crippen LogP contribution is 2.26. The van der Waals surface area contributed by atoms with E-state index in [9.17, 15) is 0 Å². The van der Waals surface area contributed by atoms with Gasteiger partial charge in [-0.25, -0.2) is 0 Å². The zero-order chi connectivity index (χ0) is 13.5. The maximum atomic E-state index is 6.21. The highest BCUT2D eigenvalue weighted by Gasteiger charge is 2.21. The normalized spacial score (nSPS) is 14.5. The van der Waals surface area contributed by atoms with E-state index in [0.717, 1.165) is 35.0 Å². The van der Waals surface area contributed by atoms with Gasteiger partial charge in [0.15, 0.2) is 0 Å². The van der Waals surface area contributed by atoms with Crippen LogP contribution >= 0.6 is 23.2 Å². The molecule has 0 saturated heterocycles. The topological polar surface area (TPSA) is 21.3 Å². The molecule has 0 heterocycles. The summed E-state index contributed by atoms with van der Waals surface area (Å²) in [6.45, 7) is 5.10. The van der Waals surface area contributed by atoms with E-state index in [1.807, 2.05) is 18.2 Å².